The molecule has 0 unspecified atom stereocenters. The van der Waals surface area contributed by atoms with Crippen molar-refractivity contribution < 1.29 is 9.47 Å². The maximum absolute atomic E-state index is 6.21. The Labute approximate surface area is 192 Å². The highest BCUT2D eigenvalue weighted by Crippen LogP contribution is 2.37. The molecular weight excluding hydrogens is 473 g/mol. The Kier molecular flexibility index (Phi) is 8.98. The van der Waals surface area contributed by atoms with Gasteiger partial charge in [0.2, 0.25) is 0 Å². The van der Waals surface area contributed by atoms with Gasteiger partial charge < -0.3 is 14.8 Å². The van der Waals surface area contributed by atoms with Gasteiger partial charge in [0.25, 0.3) is 0 Å². The van der Waals surface area contributed by atoms with Gasteiger partial charge in [-0.15, -0.1) is 0 Å². The summed E-state index contributed by atoms with van der Waals surface area (Å²) in [6, 6.07) is 10.0. The van der Waals surface area contributed by atoms with E-state index in [1.807, 2.05) is 24.3 Å². The molecule has 2 aromatic carbocycles. The lowest BCUT2D eigenvalue weighted by Gasteiger charge is -2.23. The van der Waals surface area contributed by atoms with Crippen LogP contribution in [0.15, 0.2) is 34.8 Å². The summed E-state index contributed by atoms with van der Waals surface area (Å²) in [7, 11) is 1.67. The lowest BCUT2D eigenvalue weighted by molar-refractivity contribution is 0.279. The zero-order valence-electron chi connectivity index (χ0n) is 16.8. The fourth-order valence-corrected chi connectivity index (χ4v) is 4.53. The van der Waals surface area contributed by atoms with Crippen LogP contribution in [-0.2, 0) is 13.2 Å². The number of nitrogens with one attached hydrogen (secondary N) is 1. The second kappa shape index (κ2) is 11.5. The molecule has 0 amide bonds. The summed E-state index contributed by atoms with van der Waals surface area (Å²) in [5.74, 6) is 1.48. The number of hydrogen-bond donors (Lipinski definition) is 1. The SMILES string of the molecule is COc1ccc(Br)c(CNC2CCCCCCC2)c1OCc1ccc(Cl)c(Cl)c1. The standard InChI is InChI=1S/C23H28BrCl2NO2/c1-28-22-12-10-19(24)18(14-27-17-7-5-3-2-4-6-8-17)23(22)29-15-16-9-11-20(25)21(26)13-16/h9-13,17,27H,2-8,14-15H2,1H3. The smallest absolute Gasteiger partial charge is 0.167 e. The third kappa shape index (κ3) is 6.52. The van der Waals surface area contributed by atoms with E-state index in [1.165, 1.54) is 44.9 Å². The molecule has 158 valence electrons. The summed E-state index contributed by atoms with van der Waals surface area (Å²) in [5, 5.41) is 4.82. The van der Waals surface area contributed by atoms with Gasteiger partial charge in [0.15, 0.2) is 11.5 Å². The van der Waals surface area contributed by atoms with Crippen LogP contribution in [0.2, 0.25) is 10.0 Å². The Morgan fingerprint density at radius 3 is 2.41 bits per heavy atom. The first-order valence-electron chi connectivity index (χ1n) is 10.2. The van der Waals surface area contributed by atoms with Crippen molar-refractivity contribution in [2.24, 2.45) is 0 Å². The zero-order chi connectivity index (χ0) is 20.6. The molecule has 1 N–H and O–H groups in total. The molecule has 0 aliphatic heterocycles. The first-order valence-corrected chi connectivity index (χ1v) is 11.8. The van der Waals surface area contributed by atoms with Crippen molar-refractivity contribution in [3.05, 3.63) is 56.0 Å². The van der Waals surface area contributed by atoms with Gasteiger partial charge >= 0.3 is 0 Å². The topological polar surface area (TPSA) is 30.5 Å². The van der Waals surface area contributed by atoms with Crippen LogP contribution in [0.1, 0.15) is 56.1 Å². The number of benzene rings is 2. The molecule has 0 radical (unpaired) electrons. The highest BCUT2D eigenvalue weighted by molar-refractivity contribution is 9.10. The monoisotopic (exact) mass is 499 g/mol. The second-order valence-electron chi connectivity index (χ2n) is 7.52. The van der Waals surface area contributed by atoms with E-state index in [9.17, 15) is 0 Å². The van der Waals surface area contributed by atoms with E-state index < -0.39 is 0 Å². The summed E-state index contributed by atoms with van der Waals surface area (Å²) in [5.41, 5.74) is 2.03. The highest BCUT2D eigenvalue weighted by atomic mass is 79.9. The van der Waals surface area contributed by atoms with Crippen LogP contribution < -0.4 is 14.8 Å². The predicted octanol–water partition coefficient (Wildman–Crippen LogP) is 7.55. The van der Waals surface area contributed by atoms with Gasteiger partial charge in [-0.25, -0.2) is 0 Å². The third-order valence-electron chi connectivity index (χ3n) is 5.43. The molecular formula is C23H28BrCl2NO2. The van der Waals surface area contributed by atoms with Crippen molar-refractivity contribution in [2.45, 2.75) is 64.1 Å². The molecule has 0 spiro atoms. The van der Waals surface area contributed by atoms with Crippen LogP contribution in [0, 0.1) is 0 Å². The molecule has 6 heteroatoms. The Bertz CT molecular complexity index is 808. The van der Waals surface area contributed by atoms with E-state index in [1.54, 1.807) is 13.2 Å². The average molecular weight is 501 g/mol. The number of hydrogen-bond acceptors (Lipinski definition) is 3. The van der Waals surface area contributed by atoms with Crippen LogP contribution in [0.25, 0.3) is 0 Å². The van der Waals surface area contributed by atoms with Crippen molar-refractivity contribution >= 4 is 39.1 Å². The van der Waals surface area contributed by atoms with Crippen LogP contribution in [-0.4, -0.2) is 13.2 Å². The molecule has 3 nitrogen and oxygen atoms in total. The Morgan fingerprint density at radius 2 is 1.72 bits per heavy atom. The lowest BCUT2D eigenvalue weighted by atomic mass is 9.96. The largest absolute Gasteiger partial charge is 0.493 e. The summed E-state index contributed by atoms with van der Waals surface area (Å²) in [6.45, 7) is 1.12. The quantitative estimate of drug-likeness (QED) is 0.425. The second-order valence-corrected chi connectivity index (χ2v) is 9.19. The maximum Gasteiger partial charge on any atom is 0.167 e. The summed E-state index contributed by atoms with van der Waals surface area (Å²) < 4.78 is 12.8. The molecule has 2 aromatic rings. The van der Waals surface area contributed by atoms with Crippen LogP contribution in [0.5, 0.6) is 11.5 Å². The molecule has 0 atom stereocenters. The van der Waals surface area contributed by atoms with E-state index in [0.29, 0.717) is 22.7 Å². The minimum atomic E-state index is 0.389. The van der Waals surface area contributed by atoms with Crippen molar-refractivity contribution in [3.8, 4) is 11.5 Å². The van der Waals surface area contributed by atoms with Crippen molar-refractivity contribution in [3.63, 3.8) is 0 Å². The van der Waals surface area contributed by atoms with Gasteiger partial charge in [-0.05, 0) is 42.7 Å². The molecule has 1 saturated carbocycles. The Balaban J connectivity index is 1.74. The van der Waals surface area contributed by atoms with Crippen molar-refractivity contribution in [1.29, 1.82) is 0 Å². The molecule has 0 heterocycles. The van der Waals surface area contributed by atoms with E-state index in [-0.39, 0.29) is 0 Å². The Morgan fingerprint density at radius 1 is 1.00 bits per heavy atom. The van der Waals surface area contributed by atoms with E-state index in [0.717, 1.165) is 33.6 Å². The Hall–Kier alpha value is -0.940. The van der Waals surface area contributed by atoms with Crippen molar-refractivity contribution in [2.75, 3.05) is 7.11 Å². The lowest BCUT2D eigenvalue weighted by Crippen LogP contribution is -2.29. The number of halogens is 3. The molecule has 1 aliphatic carbocycles. The van der Waals surface area contributed by atoms with Gasteiger partial charge in [-0.2, -0.15) is 0 Å². The van der Waals surface area contributed by atoms with E-state index in [4.69, 9.17) is 32.7 Å². The van der Waals surface area contributed by atoms with Crippen molar-refractivity contribution in [1.82, 2.24) is 5.32 Å². The fraction of sp³-hybridized carbons (Fsp3) is 0.478. The van der Waals surface area contributed by atoms with Gasteiger partial charge in [0, 0.05) is 22.6 Å². The average Bonchev–Trinajstić information content (AvgIpc) is 2.69. The maximum atomic E-state index is 6.21. The minimum absolute atomic E-state index is 0.389. The number of methoxy groups -OCH3 is 1. The molecule has 0 aromatic heterocycles. The fourth-order valence-electron chi connectivity index (χ4n) is 3.76. The first kappa shape index (κ1) is 22.7. The first-order chi connectivity index (χ1) is 14.1. The summed E-state index contributed by atoms with van der Waals surface area (Å²) in [4.78, 5) is 0. The van der Waals surface area contributed by atoms with E-state index >= 15 is 0 Å². The molecule has 1 aliphatic rings. The van der Waals surface area contributed by atoms with E-state index in [2.05, 4.69) is 21.2 Å². The molecule has 29 heavy (non-hydrogen) atoms. The predicted molar refractivity (Wildman–Crippen MR) is 124 cm³/mol. The molecule has 0 saturated heterocycles. The normalized spacial score (nSPS) is 15.6. The minimum Gasteiger partial charge on any atom is -0.493 e. The van der Waals surface area contributed by atoms with Crippen LogP contribution in [0.3, 0.4) is 0 Å². The van der Waals surface area contributed by atoms with Gasteiger partial charge in [0.05, 0.1) is 17.2 Å². The zero-order valence-corrected chi connectivity index (χ0v) is 19.9. The van der Waals surface area contributed by atoms with Crippen LogP contribution >= 0.6 is 39.1 Å². The van der Waals surface area contributed by atoms with Gasteiger partial charge in [0.1, 0.15) is 6.61 Å². The van der Waals surface area contributed by atoms with Crippen LogP contribution in [0.4, 0.5) is 0 Å². The molecule has 3 rings (SSSR count). The summed E-state index contributed by atoms with van der Waals surface area (Å²) in [6.07, 6.45) is 9.15. The highest BCUT2D eigenvalue weighted by Gasteiger charge is 2.17. The molecule has 0 bridgehead atoms. The van der Waals surface area contributed by atoms with Gasteiger partial charge in [-0.1, -0.05) is 77.3 Å². The molecule has 1 fully saturated rings. The summed E-state index contributed by atoms with van der Waals surface area (Å²) >= 11 is 15.9. The number of ether oxygens (including phenoxy) is 2. The third-order valence-corrected chi connectivity index (χ3v) is 6.91. The number of rotatable bonds is 7. The van der Waals surface area contributed by atoms with Gasteiger partial charge in [-0.3, -0.25) is 0 Å².